The second-order valence-corrected chi connectivity index (χ2v) is 8.67. The average molecular weight is 493 g/mol. The van der Waals surface area contributed by atoms with Crippen LogP contribution in [0, 0.1) is 0 Å². The van der Waals surface area contributed by atoms with Gasteiger partial charge in [0.1, 0.15) is 18.3 Å². The molecule has 0 radical (unpaired) electrons. The van der Waals surface area contributed by atoms with Gasteiger partial charge in [-0.15, -0.1) is 0 Å². The van der Waals surface area contributed by atoms with Gasteiger partial charge in [0, 0.05) is 6.92 Å². The molecule has 3 aromatic carbocycles. The van der Waals surface area contributed by atoms with Crippen LogP contribution in [0.4, 0.5) is 0 Å². The highest BCUT2D eigenvalue weighted by Gasteiger charge is 2.48. The third kappa shape index (κ3) is 7.46. The lowest BCUT2D eigenvalue weighted by Gasteiger charge is -2.43. The van der Waals surface area contributed by atoms with Crippen LogP contribution >= 0.6 is 0 Å². The Kier molecular flexibility index (Phi) is 9.61. The van der Waals surface area contributed by atoms with Crippen LogP contribution in [-0.4, -0.2) is 48.4 Å². The minimum Gasteiger partial charge on any atom is -0.454 e. The van der Waals surface area contributed by atoms with E-state index >= 15 is 0 Å². The third-order valence-electron chi connectivity index (χ3n) is 5.85. The molecule has 0 amide bonds. The van der Waals surface area contributed by atoms with Crippen molar-refractivity contribution >= 4 is 5.97 Å². The molecule has 0 aliphatic carbocycles. The number of carbonyl (C=O) groups is 1. The first-order valence-corrected chi connectivity index (χ1v) is 12.0. The summed E-state index contributed by atoms with van der Waals surface area (Å²) in [4.78, 5) is 11.9. The molecule has 0 aromatic heterocycles. The third-order valence-corrected chi connectivity index (χ3v) is 5.85. The number of hydrogen-bond acceptors (Lipinski definition) is 7. The van der Waals surface area contributed by atoms with Crippen molar-refractivity contribution in [3.63, 3.8) is 0 Å². The van der Waals surface area contributed by atoms with E-state index in [4.69, 9.17) is 23.7 Å². The zero-order valence-electron chi connectivity index (χ0n) is 20.3. The number of benzene rings is 3. The molecule has 0 unspecified atom stereocenters. The maximum absolute atomic E-state index is 11.9. The van der Waals surface area contributed by atoms with Crippen LogP contribution in [-0.2, 0) is 48.3 Å². The summed E-state index contributed by atoms with van der Waals surface area (Å²) >= 11 is 0. The number of carbonyl (C=O) groups excluding carboxylic acids is 1. The highest BCUT2D eigenvalue weighted by Crippen LogP contribution is 2.29. The second kappa shape index (κ2) is 13.3. The summed E-state index contributed by atoms with van der Waals surface area (Å²) < 4.78 is 29.7. The van der Waals surface area contributed by atoms with Crippen LogP contribution in [0.5, 0.6) is 0 Å². The van der Waals surface area contributed by atoms with Crippen LogP contribution in [0.3, 0.4) is 0 Å². The quantitative estimate of drug-likeness (QED) is 0.405. The number of rotatable bonds is 11. The summed E-state index contributed by atoms with van der Waals surface area (Å²) in [6.45, 7) is 2.30. The van der Waals surface area contributed by atoms with Crippen LogP contribution in [0.15, 0.2) is 91.0 Å². The molecule has 7 nitrogen and oxygen atoms in total. The SMILES string of the molecule is CC(=O)O[C@H]1[C@H](OCc2ccccc2)O[C@H](COCc2ccccc2)[C@H](OCc2ccccc2)[C@@H]1O. The molecule has 1 aliphatic rings. The van der Waals surface area contributed by atoms with Crippen molar-refractivity contribution in [2.45, 2.75) is 57.5 Å². The van der Waals surface area contributed by atoms with Crippen LogP contribution in [0.25, 0.3) is 0 Å². The molecule has 4 rings (SSSR count). The molecular weight excluding hydrogens is 460 g/mol. The molecule has 7 heteroatoms. The van der Waals surface area contributed by atoms with E-state index in [1.54, 1.807) is 0 Å². The fraction of sp³-hybridized carbons (Fsp3) is 0.345. The first-order chi connectivity index (χ1) is 17.6. The van der Waals surface area contributed by atoms with Crippen LogP contribution in [0.1, 0.15) is 23.6 Å². The van der Waals surface area contributed by atoms with Crippen molar-refractivity contribution < 1.29 is 33.6 Å². The number of ether oxygens (including phenoxy) is 5. The van der Waals surface area contributed by atoms with Crippen molar-refractivity contribution in [1.82, 2.24) is 0 Å². The molecule has 5 atom stereocenters. The van der Waals surface area contributed by atoms with Gasteiger partial charge in [-0.3, -0.25) is 4.79 Å². The predicted octanol–water partition coefficient (Wildman–Crippen LogP) is 4.02. The van der Waals surface area contributed by atoms with Gasteiger partial charge in [-0.05, 0) is 16.7 Å². The first-order valence-electron chi connectivity index (χ1n) is 12.0. The van der Waals surface area contributed by atoms with Crippen molar-refractivity contribution in [2.75, 3.05) is 6.61 Å². The van der Waals surface area contributed by atoms with Crippen molar-refractivity contribution in [3.8, 4) is 0 Å². The second-order valence-electron chi connectivity index (χ2n) is 8.67. The molecule has 190 valence electrons. The number of esters is 1. The Morgan fingerprint density at radius 1 is 0.750 bits per heavy atom. The Hall–Kier alpha value is -3.07. The van der Waals surface area contributed by atoms with Gasteiger partial charge >= 0.3 is 5.97 Å². The van der Waals surface area contributed by atoms with E-state index in [1.165, 1.54) is 6.92 Å². The number of hydrogen-bond donors (Lipinski definition) is 1. The summed E-state index contributed by atoms with van der Waals surface area (Å²) in [6, 6.07) is 29.0. The van der Waals surface area contributed by atoms with E-state index in [-0.39, 0.29) is 19.8 Å². The first kappa shape index (κ1) is 26.0. The van der Waals surface area contributed by atoms with Gasteiger partial charge in [-0.1, -0.05) is 91.0 Å². The molecule has 1 N–H and O–H groups in total. The van der Waals surface area contributed by atoms with Gasteiger partial charge in [-0.25, -0.2) is 0 Å². The zero-order chi connectivity index (χ0) is 25.2. The molecule has 0 bridgehead atoms. The molecule has 3 aromatic rings. The van der Waals surface area contributed by atoms with E-state index in [9.17, 15) is 9.90 Å². The molecule has 1 aliphatic heterocycles. The van der Waals surface area contributed by atoms with E-state index in [1.807, 2.05) is 91.0 Å². The summed E-state index contributed by atoms with van der Waals surface area (Å²) in [5.74, 6) is -0.545. The van der Waals surface area contributed by atoms with Gasteiger partial charge in [0.15, 0.2) is 12.4 Å². The lowest BCUT2D eigenvalue weighted by molar-refractivity contribution is -0.316. The Labute approximate surface area is 211 Å². The molecular formula is C29H32O7. The zero-order valence-corrected chi connectivity index (χ0v) is 20.3. The summed E-state index contributed by atoms with van der Waals surface area (Å²) in [5.41, 5.74) is 2.89. The molecule has 1 heterocycles. The fourth-order valence-electron chi connectivity index (χ4n) is 4.07. The molecule has 1 fully saturated rings. The lowest BCUT2D eigenvalue weighted by atomic mass is 9.98. The van der Waals surface area contributed by atoms with E-state index < -0.39 is 36.7 Å². The predicted molar refractivity (Wildman–Crippen MR) is 133 cm³/mol. The molecule has 36 heavy (non-hydrogen) atoms. The Balaban J connectivity index is 1.49. The number of aliphatic hydroxyl groups is 1. The van der Waals surface area contributed by atoms with E-state index in [0.717, 1.165) is 16.7 Å². The van der Waals surface area contributed by atoms with Gasteiger partial charge in [0.2, 0.25) is 0 Å². The average Bonchev–Trinajstić information content (AvgIpc) is 2.90. The molecule has 1 saturated heterocycles. The van der Waals surface area contributed by atoms with Crippen molar-refractivity contribution in [2.24, 2.45) is 0 Å². The fourth-order valence-corrected chi connectivity index (χ4v) is 4.07. The summed E-state index contributed by atoms with van der Waals surface area (Å²) in [6.07, 6.45) is -4.69. The van der Waals surface area contributed by atoms with Crippen molar-refractivity contribution in [3.05, 3.63) is 108 Å². The smallest absolute Gasteiger partial charge is 0.303 e. The monoisotopic (exact) mass is 492 g/mol. The van der Waals surface area contributed by atoms with Gasteiger partial charge < -0.3 is 28.8 Å². The lowest BCUT2D eigenvalue weighted by Crippen LogP contribution is -2.61. The van der Waals surface area contributed by atoms with Gasteiger partial charge in [-0.2, -0.15) is 0 Å². The molecule has 0 spiro atoms. The Bertz CT molecular complexity index is 1040. The Morgan fingerprint density at radius 3 is 1.78 bits per heavy atom. The standard InChI is InChI=1S/C29H32O7/c1-21(30)35-28-26(31)27(33-18-23-13-7-3-8-14-23)25(20-32-17-22-11-5-2-6-12-22)36-29(28)34-19-24-15-9-4-10-16-24/h2-16,25-29,31H,17-20H2,1H3/t25-,26+,27+,28-,29-/m1/s1. The van der Waals surface area contributed by atoms with Crippen LogP contribution < -0.4 is 0 Å². The normalized spacial score (nSPS) is 23.8. The minimum absolute atomic E-state index is 0.156. The van der Waals surface area contributed by atoms with E-state index in [2.05, 4.69) is 0 Å². The maximum atomic E-state index is 11.9. The largest absolute Gasteiger partial charge is 0.454 e. The summed E-state index contributed by atoms with van der Waals surface area (Å²) in [7, 11) is 0. The van der Waals surface area contributed by atoms with Crippen LogP contribution in [0.2, 0.25) is 0 Å². The summed E-state index contributed by atoms with van der Waals surface area (Å²) in [5, 5.41) is 11.3. The maximum Gasteiger partial charge on any atom is 0.303 e. The number of aliphatic hydroxyl groups excluding tert-OH is 1. The minimum atomic E-state index is -1.18. The van der Waals surface area contributed by atoms with Gasteiger partial charge in [0.05, 0.1) is 26.4 Å². The highest BCUT2D eigenvalue weighted by molar-refractivity contribution is 5.66. The Morgan fingerprint density at radius 2 is 1.25 bits per heavy atom. The van der Waals surface area contributed by atoms with Crippen molar-refractivity contribution in [1.29, 1.82) is 0 Å². The topological polar surface area (TPSA) is 83.5 Å². The molecule has 0 saturated carbocycles. The van der Waals surface area contributed by atoms with E-state index in [0.29, 0.717) is 6.61 Å². The highest BCUT2D eigenvalue weighted by atomic mass is 16.7. The van der Waals surface area contributed by atoms with Gasteiger partial charge in [0.25, 0.3) is 0 Å².